The highest BCUT2D eigenvalue weighted by Crippen LogP contribution is 2.11. The van der Waals surface area contributed by atoms with Crippen molar-refractivity contribution in [3.05, 3.63) is 65.2 Å². The first kappa shape index (κ1) is 18.5. The summed E-state index contributed by atoms with van der Waals surface area (Å²) in [4.78, 5) is 17.6. The fourth-order valence-electron chi connectivity index (χ4n) is 2.57. The van der Waals surface area contributed by atoms with Crippen LogP contribution in [0.25, 0.3) is 0 Å². The Morgan fingerprint density at radius 3 is 2.48 bits per heavy atom. The van der Waals surface area contributed by atoms with E-state index in [-0.39, 0.29) is 5.91 Å². The maximum absolute atomic E-state index is 11.2. The van der Waals surface area contributed by atoms with Crippen LogP contribution in [-0.4, -0.2) is 30.9 Å². The number of carbonyl (C=O) groups is 1. The average molecular weight is 338 g/mol. The van der Waals surface area contributed by atoms with E-state index in [4.69, 9.17) is 0 Å². The minimum atomic E-state index is -0.0706. The van der Waals surface area contributed by atoms with Gasteiger partial charge in [0.05, 0.1) is 0 Å². The molecule has 5 heteroatoms. The maximum atomic E-state index is 11.2. The van der Waals surface area contributed by atoms with Crippen LogP contribution < -0.4 is 10.6 Å². The molecule has 0 saturated carbocycles. The van der Waals surface area contributed by atoms with Gasteiger partial charge in [0.15, 0.2) is 5.96 Å². The Hall–Kier alpha value is -2.82. The molecule has 2 rings (SSSR count). The van der Waals surface area contributed by atoms with Crippen LogP contribution in [0.4, 0.5) is 5.69 Å². The van der Waals surface area contributed by atoms with E-state index >= 15 is 0 Å². The number of hydrogen-bond donors (Lipinski definition) is 2. The number of guanidine groups is 1. The van der Waals surface area contributed by atoms with Gasteiger partial charge < -0.3 is 15.5 Å². The van der Waals surface area contributed by atoms with Crippen LogP contribution in [0.2, 0.25) is 0 Å². The number of aliphatic imine (C=N–C) groups is 1. The predicted molar refractivity (Wildman–Crippen MR) is 104 cm³/mol. The van der Waals surface area contributed by atoms with Crippen molar-refractivity contribution in [1.82, 2.24) is 10.2 Å². The molecule has 0 atom stereocenters. The largest absolute Gasteiger partial charge is 0.352 e. The van der Waals surface area contributed by atoms with E-state index in [1.807, 2.05) is 31.3 Å². The summed E-state index contributed by atoms with van der Waals surface area (Å²) in [6.07, 6.45) is 0. The van der Waals surface area contributed by atoms with Crippen LogP contribution in [-0.2, 0) is 17.9 Å². The van der Waals surface area contributed by atoms with Crippen molar-refractivity contribution in [3.8, 4) is 0 Å². The highest BCUT2D eigenvalue weighted by molar-refractivity contribution is 5.88. The fraction of sp³-hybridized carbons (Fsp3) is 0.300. The molecule has 25 heavy (non-hydrogen) atoms. The molecule has 0 heterocycles. The van der Waals surface area contributed by atoms with Gasteiger partial charge in [0.2, 0.25) is 5.91 Å². The number of carbonyl (C=O) groups excluding carboxylic acids is 1. The molecule has 0 saturated heterocycles. The number of anilines is 1. The van der Waals surface area contributed by atoms with E-state index < -0.39 is 0 Å². The standard InChI is InChI=1S/C20H26N4O/c1-15-8-10-17(11-9-15)14-24(4)20(21-3)22-13-18-6-5-7-19(12-18)23-16(2)25/h5-12H,13-14H2,1-4H3,(H,21,22)(H,23,25). The number of hydrogen-bond acceptors (Lipinski definition) is 2. The molecule has 0 aliphatic rings. The van der Waals surface area contributed by atoms with Gasteiger partial charge in [-0.2, -0.15) is 0 Å². The lowest BCUT2D eigenvalue weighted by atomic mass is 10.1. The van der Waals surface area contributed by atoms with Gasteiger partial charge in [0.25, 0.3) is 0 Å². The number of nitrogens with one attached hydrogen (secondary N) is 2. The van der Waals surface area contributed by atoms with Crippen LogP contribution in [0.3, 0.4) is 0 Å². The molecule has 2 N–H and O–H groups in total. The summed E-state index contributed by atoms with van der Waals surface area (Å²) in [6, 6.07) is 16.3. The second-order valence-corrected chi connectivity index (χ2v) is 6.12. The van der Waals surface area contributed by atoms with Crippen molar-refractivity contribution < 1.29 is 4.79 Å². The topological polar surface area (TPSA) is 56.7 Å². The number of amides is 1. The zero-order valence-corrected chi connectivity index (χ0v) is 15.3. The lowest BCUT2D eigenvalue weighted by molar-refractivity contribution is -0.114. The van der Waals surface area contributed by atoms with Crippen molar-refractivity contribution in [1.29, 1.82) is 0 Å². The molecular formula is C20H26N4O. The SMILES string of the molecule is CN=C(NCc1cccc(NC(C)=O)c1)N(C)Cc1ccc(C)cc1. The molecule has 2 aromatic carbocycles. The average Bonchev–Trinajstić information content (AvgIpc) is 2.57. The van der Waals surface area contributed by atoms with Crippen LogP contribution in [0.1, 0.15) is 23.6 Å². The maximum Gasteiger partial charge on any atom is 0.221 e. The smallest absolute Gasteiger partial charge is 0.221 e. The molecule has 0 fully saturated rings. The van der Waals surface area contributed by atoms with E-state index in [1.54, 1.807) is 7.05 Å². The second kappa shape index (κ2) is 8.87. The highest BCUT2D eigenvalue weighted by Gasteiger charge is 2.07. The van der Waals surface area contributed by atoms with Gasteiger partial charge in [-0.15, -0.1) is 0 Å². The quantitative estimate of drug-likeness (QED) is 0.650. The van der Waals surface area contributed by atoms with Crippen molar-refractivity contribution in [2.24, 2.45) is 4.99 Å². The Morgan fingerprint density at radius 1 is 1.12 bits per heavy atom. The molecule has 0 unspecified atom stereocenters. The molecule has 0 radical (unpaired) electrons. The van der Waals surface area contributed by atoms with Gasteiger partial charge in [0.1, 0.15) is 0 Å². The zero-order chi connectivity index (χ0) is 18.2. The van der Waals surface area contributed by atoms with Gasteiger partial charge in [-0.1, -0.05) is 42.0 Å². The highest BCUT2D eigenvalue weighted by atomic mass is 16.1. The van der Waals surface area contributed by atoms with Crippen LogP contribution in [0, 0.1) is 6.92 Å². The summed E-state index contributed by atoms with van der Waals surface area (Å²) in [5.74, 6) is 0.754. The first-order chi connectivity index (χ1) is 12.0. The molecule has 0 aromatic heterocycles. The van der Waals surface area contributed by atoms with E-state index in [0.29, 0.717) is 6.54 Å². The van der Waals surface area contributed by atoms with Gasteiger partial charge in [-0.25, -0.2) is 0 Å². The summed E-state index contributed by atoms with van der Waals surface area (Å²) >= 11 is 0. The van der Waals surface area contributed by atoms with Crippen molar-refractivity contribution in [2.45, 2.75) is 26.9 Å². The van der Waals surface area contributed by atoms with E-state index in [0.717, 1.165) is 23.8 Å². The van der Waals surface area contributed by atoms with Gasteiger partial charge in [0, 0.05) is 39.8 Å². The molecular weight excluding hydrogens is 312 g/mol. The molecule has 0 spiro atoms. The van der Waals surface area contributed by atoms with Gasteiger partial charge in [-0.05, 0) is 30.2 Å². The lowest BCUT2D eigenvalue weighted by Gasteiger charge is -2.22. The first-order valence-corrected chi connectivity index (χ1v) is 8.32. The zero-order valence-electron chi connectivity index (χ0n) is 15.3. The van der Waals surface area contributed by atoms with E-state index in [2.05, 4.69) is 51.7 Å². The predicted octanol–water partition coefficient (Wildman–Crippen LogP) is 3.16. The summed E-state index contributed by atoms with van der Waals surface area (Å²) in [5.41, 5.74) is 4.38. The fourth-order valence-corrected chi connectivity index (χ4v) is 2.57. The van der Waals surface area contributed by atoms with Crippen molar-refractivity contribution in [3.63, 3.8) is 0 Å². The van der Waals surface area contributed by atoms with E-state index in [1.165, 1.54) is 18.1 Å². The molecule has 1 amide bonds. The molecule has 132 valence electrons. The Balaban J connectivity index is 1.95. The molecule has 5 nitrogen and oxygen atoms in total. The summed E-state index contributed by atoms with van der Waals surface area (Å²) in [6.45, 7) is 5.01. The number of rotatable bonds is 5. The minimum absolute atomic E-state index is 0.0706. The minimum Gasteiger partial charge on any atom is -0.352 e. The summed E-state index contributed by atoms with van der Waals surface area (Å²) in [7, 11) is 3.80. The third-order valence-corrected chi connectivity index (χ3v) is 3.81. The molecule has 0 bridgehead atoms. The van der Waals surface area contributed by atoms with Gasteiger partial charge in [-0.3, -0.25) is 9.79 Å². The van der Waals surface area contributed by atoms with Crippen LogP contribution in [0.15, 0.2) is 53.5 Å². The molecule has 0 aliphatic carbocycles. The normalized spacial score (nSPS) is 11.1. The van der Waals surface area contributed by atoms with Crippen LogP contribution in [0.5, 0.6) is 0 Å². The Bertz CT molecular complexity index is 738. The molecule has 0 aliphatic heterocycles. The summed E-state index contributed by atoms with van der Waals surface area (Å²) in [5, 5.41) is 6.16. The van der Waals surface area contributed by atoms with Gasteiger partial charge >= 0.3 is 0 Å². The Kier molecular flexibility index (Phi) is 6.57. The van der Waals surface area contributed by atoms with Crippen molar-refractivity contribution >= 4 is 17.6 Å². The van der Waals surface area contributed by atoms with E-state index in [9.17, 15) is 4.79 Å². The summed E-state index contributed by atoms with van der Waals surface area (Å²) < 4.78 is 0. The Morgan fingerprint density at radius 2 is 1.84 bits per heavy atom. The third kappa shape index (κ3) is 5.95. The lowest BCUT2D eigenvalue weighted by Crippen LogP contribution is -2.38. The first-order valence-electron chi connectivity index (χ1n) is 8.32. The second-order valence-electron chi connectivity index (χ2n) is 6.12. The Labute approximate surface area is 149 Å². The number of aryl methyl sites for hydroxylation is 1. The number of benzene rings is 2. The molecule has 2 aromatic rings. The monoisotopic (exact) mass is 338 g/mol. The number of nitrogens with zero attached hydrogens (tertiary/aromatic N) is 2. The third-order valence-electron chi connectivity index (χ3n) is 3.81. The van der Waals surface area contributed by atoms with Crippen LogP contribution >= 0.6 is 0 Å². The van der Waals surface area contributed by atoms with Crippen molar-refractivity contribution in [2.75, 3.05) is 19.4 Å².